The summed E-state index contributed by atoms with van der Waals surface area (Å²) in [4.78, 5) is 21.1. The Bertz CT molecular complexity index is 371. The normalized spacial score (nSPS) is 9.47. The van der Waals surface area contributed by atoms with E-state index in [1.165, 1.54) is 14.0 Å². The molecule has 0 fully saturated rings. The molecule has 4 nitrogen and oxygen atoms in total. The zero-order valence-corrected chi connectivity index (χ0v) is 8.65. The number of methoxy groups -OCH3 is 1. The third kappa shape index (κ3) is 3.09. The minimum absolute atomic E-state index is 0.316. The second kappa shape index (κ2) is 5.14. The van der Waals surface area contributed by atoms with Crippen LogP contribution in [0.4, 0.5) is 0 Å². The molecule has 0 spiro atoms. The molecule has 0 atom stereocenters. The molecular weight excluding hydrogens is 196 g/mol. The molecule has 4 heteroatoms. The summed E-state index contributed by atoms with van der Waals surface area (Å²) in [5, 5.41) is 0. The van der Waals surface area contributed by atoms with Crippen molar-refractivity contribution in [3.63, 3.8) is 0 Å². The van der Waals surface area contributed by atoms with Gasteiger partial charge in [0.25, 0.3) is 0 Å². The van der Waals surface area contributed by atoms with Crippen molar-refractivity contribution < 1.29 is 19.1 Å². The van der Waals surface area contributed by atoms with Gasteiger partial charge in [-0.2, -0.15) is 0 Å². The highest BCUT2D eigenvalue weighted by Gasteiger charge is 2.07. The van der Waals surface area contributed by atoms with Gasteiger partial charge in [0.15, 0.2) is 11.5 Å². The average molecular weight is 208 g/mol. The molecule has 80 valence electrons. The molecule has 1 aromatic carbocycles. The van der Waals surface area contributed by atoms with Crippen LogP contribution in [0.5, 0.6) is 11.5 Å². The molecule has 0 unspecified atom stereocenters. The van der Waals surface area contributed by atoms with Crippen molar-refractivity contribution in [2.45, 2.75) is 13.3 Å². The summed E-state index contributed by atoms with van der Waals surface area (Å²) in [7, 11) is 1.48. The molecule has 1 rings (SSSR count). The van der Waals surface area contributed by atoms with Crippen LogP contribution in [-0.4, -0.2) is 19.4 Å². The highest BCUT2D eigenvalue weighted by molar-refractivity contribution is 5.70. The lowest BCUT2D eigenvalue weighted by molar-refractivity contribution is -0.132. The number of benzene rings is 1. The van der Waals surface area contributed by atoms with Crippen LogP contribution in [-0.2, 0) is 16.0 Å². The predicted octanol–water partition coefficient (Wildman–Crippen LogP) is 1.36. The lowest BCUT2D eigenvalue weighted by Gasteiger charge is -2.08. The Morgan fingerprint density at radius 3 is 2.67 bits per heavy atom. The van der Waals surface area contributed by atoms with Crippen molar-refractivity contribution >= 4 is 12.3 Å². The second-order valence-corrected chi connectivity index (χ2v) is 2.95. The smallest absolute Gasteiger partial charge is 0.308 e. The van der Waals surface area contributed by atoms with Gasteiger partial charge in [0, 0.05) is 13.3 Å². The van der Waals surface area contributed by atoms with Gasteiger partial charge in [-0.15, -0.1) is 0 Å². The van der Waals surface area contributed by atoms with Gasteiger partial charge in [-0.3, -0.25) is 4.79 Å². The quantitative estimate of drug-likeness (QED) is 0.426. The van der Waals surface area contributed by atoms with Crippen LogP contribution in [0.3, 0.4) is 0 Å². The van der Waals surface area contributed by atoms with Gasteiger partial charge < -0.3 is 14.3 Å². The van der Waals surface area contributed by atoms with Crippen molar-refractivity contribution in [2.24, 2.45) is 0 Å². The predicted molar refractivity (Wildman–Crippen MR) is 54.1 cm³/mol. The van der Waals surface area contributed by atoms with E-state index < -0.39 is 5.97 Å². The summed E-state index contributed by atoms with van der Waals surface area (Å²) in [6.45, 7) is 1.32. The maximum absolute atomic E-state index is 10.8. The molecule has 0 saturated heterocycles. The number of rotatable bonds is 4. The first-order valence-electron chi connectivity index (χ1n) is 4.46. The van der Waals surface area contributed by atoms with Crippen LogP contribution < -0.4 is 9.47 Å². The molecular formula is C11H12O4. The van der Waals surface area contributed by atoms with E-state index in [0.29, 0.717) is 17.9 Å². The molecule has 0 aliphatic rings. The molecule has 0 heterocycles. The molecule has 0 aliphatic carbocycles. The van der Waals surface area contributed by atoms with E-state index in [9.17, 15) is 9.59 Å². The van der Waals surface area contributed by atoms with Gasteiger partial charge in [0.2, 0.25) is 0 Å². The van der Waals surface area contributed by atoms with Crippen molar-refractivity contribution in [1.82, 2.24) is 0 Å². The van der Waals surface area contributed by atoms with E-state index in [4.69, 9.17) is 9.47 Å². The molecule has 0 bridgehead atoms. The van der Waals surface area contributed by atoms with Crippen LogP contribution in [0.1, 0.15) is 12.5 Å². The SMILES string of the molecule is COc1cc(CC=O)ccc1OC(C)=O. The van der Waals surface area contributed by atoms with Crippen molar-refractivity contribution in [3.8, 4) is 11.5 Å². The van der Waals surface area contributed by atoms with Crippen LogP contribution >= 0.6 is 0 Å². The third-order valence-corrected chi connectivity index (χ3v) is 1.80. The Morgan fingerprint density at radius 2 is 2.13 bits per heavy atom. The molecule has 0 N–H and O–H groups in total. The summed E-state index contributed by atoms with van der Waals surface area (Å²) in [5.74, 6) is 0.403. The van der Waals surface area contributed by atoms with E-state index in [1.807, 2.05) is 0 Å². The number of aldehydes is 1. The highest BCUT2D eigenvalue weighted by Crippen LogP contribution is 2.28. The van der Waals surface area contributed by atoms with E-state index >= 15 is 0 Å². The molecule has 1 aromatic rings. The topological polar surface area (TPSA) is 52.6 Å². The van der Waals surface area contributed by atoms with Gasteiger partial charge >= 0.3 is 5.97 Å². The molecule has 0 saturated carbocycles. The van der Waals surface area contributed by atoms with Crippen LogP contribution in [0.15, 0.2) is 18.2 Å². The molecule has 15 heavy (non-hydrogen) atoms. The maximum Gasteiger partial charge on any atom is 0.308 e. The summed E-state index contributed by atoms with van der Waals surface area (Å²) in [6, 6.07) is 5.00. The molecule has 0 amide bonds. The molecule has 0 aliphatic heterocycles. The lowest BCUT2D eigenvalue weighted by atomic mass is 10.1. The van der Waals surface area contributed by atoms with Crippen LogP contribution in [0.2, 0.25) is 0 Å². The Hall–Kier alpha value is -1.84. The standard InChI is InChI=1S/C11H12O4/c1-8(13)15-10-4-3-9(5-6-12)7-11(10)14-2/h3-4,6-7H,5H2,1-2H3. The van der Waals surface area contributed by atoms with E-state index in [1.54, 1.807) is 18.2 Å². The average Bonchev–Trinajstić information content (AvgIpc) is 2.20. The van der Waals surface area contributed by atoms with E-state index in [0.717, 1.165) is 11.8 Å². The van der Waals surface area contributed by atoms with Gasteiger partial charge in [-0.25, -0.2) is 0 Å². The van der Waals surface area contributed by atoms with Gasteiger partial charge in [-0.1, -0.05) is 6.07 Å². The van der Waals surface area contributed by atoms with Crippen molar-refractivity contribution in [3.05, 3.63) is 23.8 Å². The van der Waals surface area contributed by atoms with E-state index in [2.05, 4.69) is 0 Å². The molecule has 0 aromatic heterocycles. The second-order valence-electron chi connectivity index (χ2n) is 2.95. The minimum Gasteiger partial charge on any atom is -0.493 e. The first kappa shape index (κ1) is 11.2. The fraction of sp³-hybridized carbons (Fsp3) is 0.273. The highest BCUT2D eigenvalue weighted by atomic mass is 16.6. The number of hydrogen-bond acceptors (Lipinski definition) is 4. The summed E-state index contributed by atoms with van der Waals surface area (Å²) in [6.07, 6.45) is 1.12. The van der Waals surface area contributed by atoms with E-state index in [-0.39, 0.29) is 0 Å². The van der Waals surface area contributed by atoms with Gasteiger partial charge in [0.1, 0.15) is 6.29 Å². The fourth-order valence-electron chi connectivity index (χ4n) is 1.17. The number of carbonyl (C=O) groups is 2. The van der Waals surface area contributed by atoms with Gasteiger partial charge in [-0.05, 0) is 17.7 Å². The zero-order chi connectivity index (χ0) is 11.3. The molecule has 0 radical (unpaired) electrons. The third-order valence-electron chi connectivity index (χ3n) is 1.80. The van der Waals surface area contributed by atoms with Gasteiger partial charge in [0.05, 0.1) is 7.11 Å². The zero-order valence-electron chi connectivity index (χ0n) is 8.65. The summed E-state index contributed by atoms with van der Waals surface area (Å²) in [5.41, 5.74) is 0.817. The lowest BCUT2D eigenvalue weighted by Crippen LogP contribution is -2.03. The Labute approximate surface area is 87.8 Å². The van der Waals surface area contributed by atoms with Crippen LogP contribution in [0.25, 0.3) is 0 Å². The largest absolute Gasteiger partial charge is 0.493 e. The minimum atomic E-state index is -0.406. The number of ether oxygens (including phenoxy) is 2. The number of esters is 1. The Balaban J connectivity index is 2.97. The number of hydrogen-bond donors (Lipinski definition) is 0. The summed E-state index contributed by atoms with van der Waals surface area (Å²) < 4.78 is 9.96. The van der Waals surface area contributed by atoms with Crippen molar-refractivity contribution in [1.29, 1.82) is 0 Å². The Morgan fingerprint density at radius 1 is 1.40 bits per heavy atom. The van der Waals surface area contributed by atoms with Crippen molar-refractivity contribution in [2.75, 3.05) is 7.11 Å². The fourth-order valence-corrected chi connectivity index (χ4v) is 1.17. The monoisotopic (exact) mass is 208 g/mol. The van der Waals surface area contributed by atoms with Crippen LogP contribution in [0, 0.1) is 0 Å². The Kier molecular flexibility index (Phi) is 3.85. The first-order chi connectivity index (χ1) is 7.17. The number of carbonyl (C=O) groups excluding carboxylic acids is 2. The first-order valence-corrected chi connectivity index (χ1v) is 4.46. The maximum atomic E-state index is 10.8. The summed E-state index contributed by atoms with van der Waals surface area (Å²) >= 11 is 0.